The summed E-state index contributed by atoms with van der Waals surface area (Å²) in [6.07, 6.45) is 2.29. The van der Waals surface area contributed by atoms with Crippen LogP contribution in [0.15, 0.2) is 53.4 Å². The van der Waals surface area contributed by atoms with Crippen LogP contribution in [0.5, 0.6) is 0 Å². The van der Waals surface area contributed by atoms with Gasteiger partial charge < -0.3 is 10.1 Å². The van der Waals surface area contributed by atoms with E-state index >= 15 is 0 Å². The Labute approximate surface area is 155 Å². The predicted octanol–water partition coefficient (Wildman–Crippen LogP) is 2.25. The highest BCUT2D eigenvalue weighted by Crippen LogP contribution is 2.32. The Balaban J connectivity index is 1.95. The van der Waals surface area contributed by atoms with E-state index < -0.39 is 28.2 Å². The number of rotatable bonds is 5. The molecular weight excluding hydrogens is 350 g/mol. The number of benzene rings is 2. The van der Waals surface area contributed by atoms with Gasteiger partial charge in [0.2, 0.25) is 0 Å². The first-order chi connectivity index (χ1) is 12.5. The van der Waals surface area contributed by atoms with E-state index in [1.165, 1.54) is 6.26 Å². The van der Waals surface area contributed by atoms with Gasteiger partial charge in [-0.05, 0) is 30.2 Å². The molecule has 0 aromatic heterocycles. The molecule has 1 N–H and O–H groups in total. The molecule has 26 heavy (non-hydrogen) atoms. The standard InChI is InChI=1S/C20H21NO4S/c1-3-25-19(23)20(12-14-8-4-5-9-15(14)13-20)21-18(22)16-10-6-7-11-17(16)26(2)24/h4-11H,3,12-13H2,1-2H3,(H,21,22). The number of fused-ring (bicyclic) bond motifs is 1. The highest BCUT2D eigenvalue weighted by atomic mass is 32.2. The van der Waals surface area contributed by atoms with Crippen LogP contribution in [0.25, 0.3) is 0 Å². The molecule has 1 unspecified atom stereocenters. The molecule has 0 aliphatic heterocycles. The fourth-order valence-corrected chi connectivity index (χ4v) is 4.10. The molecule has 0 saturated carbocycles. The van der Waals surface area contributed by atoms with Crippen LogP contribution >= 0.6 is 0 Å². The summed E-state index contributed by atoms with van der Waals surface area (Å²) < 4.78 is 17.2. The van der Waals surface area contributed by atoms with E-state index in [0.717, 1.165) is 11.1 Å². The number of hydrogen-bond donors (Lipinski definition) is 1. The zero-order valence-corrected chi connectivity index (χ0v) is 15.6. The van der Waals surface area contributed by atoms with Crippen LogP contribution in [0.2, 0.25) is 0 Å². The molecule has 6 heteroatoms. The summed E-state index contributed by atoms with van der Waals surface area (Å²) in [4.78, 5) is 26.1. The first kappa shape index (κ1) is 18.3. The lowest BCUT2D eigenvalue weighted by Crippen LogP contribution is -2.56. The van der Waals surface area contributed by atoms with Crippen LogP contribution in [0.1, 0.15) is 28.4 Å². The van der Waals surface area contributed by atoms with Crippen molar-refractivity contribution in [1.29, 1.82) is 0 Å². The van der Waals surface area contributed by atoms with E-state index in [1.54, 1.807) is 31.2 Å². The second-order valence-corrected chi connectivity index (χ2v) is 7.68. The van der Waals surface area contributed by atoms with Crippen LogP contribution in [0.3, 0.4) is 0 Å². The first-order valence-electron chi connectivity index (χ1n) is 8.46. The molecule has 1 aliphatic rings. The molecule has 1 amide bonds. The maximum Gasteiger partial charge on any atom is 0.332 e. The van der Waals surface area contributed by atoms with Gasteiger partial charge in [-0.25, -0.2) is 4.79 Å². The van der Waals surface area contributed by atoms with Gasteiger partial charge in [-0.1, -0.05) is 36.4 Å². The Bertz CT molecular complexity index is 853. The number of hydrogen-bond acceptors (Lipinski definition) is 4. The van der Waals surface area contributed by atoms with Gasteiger partial charge in [-0.15, -0.1) is 0 Å². The van der Waals surface area contributed by atoms with Crippen LogP contribution in [-0.2, 0) is 33.2 Å². The Hall–Kier alpha value is -2.47. The van der Waals surface area contributed by atoms with Crippen LogP contribution in [-0.4, -0.2) is 34.5 Å². The third-order valence-electron chi connectivity index (χ3n) is 4.56. The zero-order valence-electron chi connectivity index (χ0n) is 14.8. The minimum Gasteiger partial charge on any atom is -0.464 e. The molecule has 3 rings (SSSR count). The second kappa shape index (κ2) is 7.41. The maximum absolute atomic E-state index is 12.9. The van der Waals surface area contributed by atoms with Crippen molar-refractivity contribution in [3.8, 4) is 0 Å². The van der Waals surface area contributed by atoms with Crippen molar-refractivity contribution in [2.45, 2.75) is 30.2 Å². The molecule has 1 aliphatic carbocycles. The molecule has 1 atom stereocenters. The molecule has 0 fully saturated rings. The van der Waals surface area contributed by atoms with Crippen molar-refractivity contribution in [3.63, 3.8) is 0 Å². The average Bonchev–Trinajstić information content (AvgIpc) is 3.01. The highest BCUT2D eigenvalue weighted by molar-refractivity contribution is 7.84. The number of ether oxygens (including phenoxy) is 1. The Morgan fingerprint density at radius 2 is 1.65 bits per heavy atom. The summed E-state index contributed by atoms with van der Waals surface area (Å²) >= 11 is 0. The van der Waals surface area contributed by atoms with Gasteiger partial charge in [0.25, 0.3) is 5.91 Å². The summed E-state index contributed by atoms with van der Waals surface area (Å²) in [6.45, 7) is 1.98. The summed E-state index contributed by atoms with van der Waals surface area (Å²) in [6, 6.07) is 14.5. The first-order valence-corrected chi connectivity index (χ1v) is 10.0. The van der Waals surface area contributed by atoms with Crippen molar-refractivity contribution >= 4 is 22.7 Å². The summed E-state index contributed by atoms with van der Waals surface area (Å²) in [5, 5.41) is 2.89. The van der Waals surface area contributed by atoms with Gasteiger partial charge in [-0.2, -0.15) is 0 Å². The van der Waals surface area contributed by atoms with Crippen LogP contribution in [0, 0.1) is 0 Å². The van der Waals surface area contributed by atoms with E-state index in [0.29, 0.717) is 23.3 Å². The Morgan fingerprint density at radius 3 is 2.23 bits per heavy atom. The van der Waals surface area contributed by atoms with E-state index in [4.69, 9.17) is 4.74 Å². The minimum absolute atomic E-state index is 0.238. The number of esters is 1. The summed E-state index contributed by atoms with van der Waals surface area (Å²) in [7, 11) is -1.31. The molecule has 0 bridgehead atoms. The van der Waals surface area contributed by atoms with Gasteiger partial charge in [0.05, 0.1) is 27.9 Å². The van der Waals surface area contributed by atoms with Crippen molar-refractivity contribution in [3.05, 3.63) is 65.2 Å². The molecular formula is C20H21NO4S. The van der Waals surface area contributed by atoms with Crippen molar-refractivity contribution in [2.75, 3.05) is 12.9 Å². The number of carbonyl (C=O) groups is 2. The monoisotopic (exact) mass is 371 g/mol. The van der Waals surface area contributed by atoms with E-state index in [-0.39, 0.29) is 6.61 Å². The van der Waals surface area contributed by atoms with E-state index in [9.17, 15) is 13.8 Å². The zero-order chi connectivity index (χ0) is 18.7. The van der Waals surface area contributed by atoms with E-state index in [1.807, 2.05) is 24.3 Å². The van der Waals surface area contributed by atoms with Crippen molar-refractivity contribution in [2.24, 2.45) is 0 Å². The lowest BCUT2D eigenvalue weighted by atomic mass is 9.95. The lowest BCUT2D eigenvalue weighted by molar-refractivity contribution is -0.150. The van der Waals surface area contributed by atoms with Gasteiger partial charge in [0.1, 0.15) is 5.54 Å². The smallest absolute Gasteiger partial charge is 0.332 e. The number of nitrogens with one attached hydrogen (secondary N) is 1. The third-order valence-corrected chi connectivity index (χ3v) is 5.54. The fraction of sp³-hybridized carbons (Fsp3) is 0.300. The number of amides is 1. The largest absolute Gasteiger partial charge is 0.464 e. The van der Waals surface area contributed by atoms with Gasteiger partial charge in [-0.3, -0.25) is 9.00 Å². The SMILES string of the molecule is CCOC(=O)C1(NC(=O)c2ccccc2S(C)=O)Cc2ccccc2C1. The maximum atomic E-state index is 12.9. The molecule has 136 valence electrons. The fourth-order valence-electron chi connectivity index (χ4n) is 3.36. The van der Waals surface area contributed by atoms with Crippen LogP contribution in [0.4, 0.5) is 0 Å². The average molecular weight is 371 g/mol. The molecule has 2 aromatic carbocycles. The Kier molecular flexibility index (Phi) is 5.23. The highest BCUT2D eigenvalue weighted by Gasteiger charge is 2.46. The Morgan fingerprint density at radius 1 is 1.08 bits per heavy atom. The molecule has 0 saturated heterocycles. The second-order valence-electron chi connectivity index (χ2n) is 6.33. The normalized spacial score (nSPS) is 15.8. The van der Waals surface area contributed by atoms with Gasteiger partial charge in [0, 0.05) is 19.1 Å². The van der Waals surface area contributed by atoms with Gasteiger partial charge in [0.15, 0.2) is 0 Å². The lowest BCUT2D eigenvalue weighted by Gasteiger charge is -2.28. The molecule has 2 aromatic rings. The van der Waals surface area contributed by atoms with E-state index in [2.05, 4.69) is 5.32 Å². The minimum atomic E-state index is -1.31. The quantitative estimate of drug-likeness (QED) is 0.819. The third kappa shape index (κ3) is 3.42. The molecule has 5 nitrogen and oxygen atoms in total. The molecule has 0 spiro atoms. The number of carbonyl (C=O) groups excluding carboxylic acids is 2. The topological polar surface area (TPSA) is 72.5 Å². The summed E-state index contributed by atoms with van der Waals surface area (Å²) in [5.74, 6) is -0.865. The predicted molar refractivity (Wildman–Crippen MR) is 99.5 cm³/mol. The van der Waals surface area contributed by atoms with Crippen molar-refractivity contribution < 1.29 is 18.5 Å². The molecule has 0 heterocycles. The van der Waals surface area contributed by atoms with Gasteiger partial charge >= 0.3 is 5.97 Å². The van der Waals surface area contributed by atoms with Crippen LogP contribution < -0.4 is 5.32 Å². The van der Waals surface area contributed by atoms with Crippen molar-refractivity contribution in [1.82, 2.24) is 5.32 Å². The molecule has 0 radical (unpaired) electrons. The summed E-state index contributed by atoms with van der Waals surface area (Å²) in [5.41, 5.74) is 1.22.